The lowest BCUT2D eigenvalue weighted by atomic mass is 10.1. The van der Waals surface area contributed by atoms with E-state index in [4.69, 9.17) is 9.84 Å². The second-order valence-corrected chi connectivity index (χ2v) is 5.91. The molecule has 18 heavy (non-hydrogen) atoms. The van der Waals surface area contributed by atoms with E-state index in [1.54, 1.807) is 18.7 Å². The molecule has 0 bridgehead atoms. The third-order valence-electron chi connectivity index (χ3n) is 3.05. The predicted octanol–water partition coefficient (Wildman–Crippen LogP) is 2.75. The largest absolute Gasteiger partial charge is 0.489 e. The van der Waals surface area contributed by atoms with Crippen molar-refractivity contribution in [2.45, 2.75) is 26.4 Å². The van der Waals surface area contributed by atoms with Crippen LogP contribution in [-0.2, 0) is 11.2 Å². The third-order valence-corrected chi connectivity index (χ3v) is 4.39. The highest BCUT2D eigenvalue weighted by Crippen LogP contribution is 2.30. The van der Waals surface area contributed by atoms with Crippen molar-refractivity contribution in [3.05, 3.63) is 29.3 Å². The Kier molecular flexibility index (Phi) is 4.17. The van der Waals surface area contributed by atoms with Crippen LogP contribution in [0.15, 0.2) is 18.2 Å². The topological polar surface area (TPSA) is 46.5 Å². The second kappa shape index (κ2) is 5.65. The van der Waals surface area contributed by atoms with Gasteiger partial charge in [-0.1, -0.05) is 24.6 Å². The lowest BCUT2D eigenvalue weighted by Gasteiger charge is -2.11. The number of hydrogen-bond acceptors (Lipinski definition) is 3. The summed E-state index contributed by atoms with van der Waals surface area (Å²) in [5.41, 5.74) is 2.53. The summed E-state index contributed by atoms with van der Waals surface area (Å²) in [6.07, 6.45) is 1.12. The molecule has 0 saturated carbocycles. The first kappa shape index (κ1) is 13.3. The molecule has 0 saturated heterocycles. The van der Waals surface area contributed by atoms with E-state index in [1.807, 2.05) is 6.07 Å². The highest BCUT2D eigenvalue weighted by molar-refractivity contribution is 7.99. The van der Waals surface area contributed by atoms with Crippen molar-refractivity contribution in [2.24, 2.45) is 5.92 Å². The summed E-state index contributed by atoms with van der Waals surface area (Å²) >= 11 is 1.66. The zero-order valence-corrected chi connectivity index (χ0v) is 11.5. The maximum Gasteiger partial charge on any atom is 0.307 e. The SMILES string of the molecule is Cc1ccc2c(c1)CC(CSCC(C)C(=O)O)O2. The third kappa shape index (κ3) is 3.19. The number of carboxylic acid groups (broad SMARTS) is 1. The number of rotatable bonds is 5. The number of fused-ring (bicyclic) bond motifs is 1. The number of thioether (sulfide) groups is 1. The molecule has 0 aromatic heterocycles. The zero-order valence-electron chi connectivity index (χ0n) is 10.7. The van der Waals surface area contributed by atoms with Gasteiger partial charge in [-0.3, -0.25) is 4.79 Å². The quantitative estimate of drug-likeness (QED) is 0.890. The number of aryl methyl sites for hydroxylation is 1. The summed E-state index contributed by atoms with van der Waals surface area (Å²) in [6, 6.07) is 6.25. The van der Waals surface area contributed by atoms with Gasteiger partial charge in [-0.05, 0) is 18.6 Å². The molecule has 1 aliphatic heterocycles. The van der Waals surface area contributed by atoms with Crippen molar-refractivity contribution in [3.8, 4) is 5.75 Å². The predicted molar refractivity (Wildman–Crippen MR) is 73.4 cm³/mol. The number of carbonyl (C=O) groups is 1. The van der Waals surface area contributed by atoms with Gasteiger partial charge in [0.1, 0.15) is 11.9 Å². The van der Waals surface area contributed by atoms with Gasteiger partial charge in [-0.2, -0.15) is 11.8 Å². The summed E-state index contributed by atoms with van der Waals surface area (Å²) in [4.78, 5) is 10.7. The molecule has 98 valence electrons. The van der Waals surface area contributed by atoms with E-state index in [0.717, 1.165) is 17.9 Å². The van der Waals surface area contributed by atoms with E-state index in [1.165, 1.54) is 11.1 Å². The van der Waals surface area contributed by atoms with Crippen molar-refractivity contribution in [2.75, 3.05) is 11.5 Å². The van der Waals surface area contributed by atoms with Crippen LogP contribution in [0.3, 0.4) is 0 Å². The van der Waals surface area contributed by atoms with E-state index in [-0.39, 0.29) is 12.0 Å². The van der Waals surface area contributed by atoms with E-state index < -0.39 is 5.97 Å². The first-order valence-electron chi connectivity index (χ1n) is 6.13. The Bertz CT molecular complexity index is 445. The van der Waals surface area contributed by atoms with Gasteiger partial charge in [-0.15, -0.1) is 0 Å². The Morgan fingerprint density at radius 1 is 1.61 bits per heavy atom. The lowest BCUT2D eigenvalue weighted by Crippen LogP contribution is -2.18. The molecule has 1 aromatic rings. The molecule has 0 aliphatic carbocycles. The number of carboxylic acids is 1. The first-order valence-corrected chi connectivity index (χ1v) is 7.28. The molecule has 0 fully saturated rings. The monoisotopic (exact) mass is 266 g/mol. The minimum absolute atomic E-state index is 0.188. The van der Waals surface area contributed by atoms with Crippen molar-refractivity contribution in [3.63, 3.8) is 0 Å². The number of benzene rings is 1. The molecule has 0 spiro atoms. The van der Waals surface area contributed by atoms with E-state index in [2.05, 4.69) is 19.1 Å². The van der Waals surface area contributed by atoms with Crippen molar-refractivity contribution >= 4 is 17.7 Å². The van der Waals surface area contributed by atoms with Gasteiger partial charge in [0.05, 0.1) is 5.92 Å². The fraction of sp³-hybridized carbons (Fsp3) is 0.500. The van der Waals surface area contributed by atoms with Crippen LogP contribution in [0.5, 0.6) is 5.75 Å². The molecule has 2 unspecified atom stereocenters. The van der Waals surface area contributed by atoms with E-state index in [9.17, 15) is 4.79 Å². The zero-order chi connectivity index (χ0) is 13.1. The van der Waals surface area contributed by atoms with Crippen LogP contribution in [0.25, 0.3) is 0 Å². The maximum absolute atomic E-state index is 10.7. The summed E-state index contributed by atoms with van der Waals surface area (Å²) in [7, 11) is 0. The normalized spacial score (nSPS) is 19.1. The van der Waals surface area contributed by atoms with Gasteiger partial charge in [-0.25, -0.2) is 0 Å². The smallest absolute Gasteiger partial charge is 0.307 e. The summed E-state index contributed by atoms with van der Waals surface area (Å²) < 4.78 is 5.84. The Morgan fingerprint density at radius 2 is 2.39 bits per heavy atom. The number of ether oxygens (including phenoxy) is 1. The Hall–Kier alpha value is -1.16. The average molecular weight is 266 g/mol. The molecular formula is C14H18O3S. The molecular weight excluding hydrogens is 248 g/mol. The fourth-order valence-electron chi connectivity index (χ4n) is 1.99. The van der Waals surface area contributed by atoms with E-state index in [0.29, 0.717) is 5.75 Å². The van der Waals surface area contributed by atoms with Gasteiger partial charge in [0.2, 0.25) is 0 Å². The molecule has 0 amide bonds. The van der Waals surface area contributed by atoms with Crippen molar-refractivity contribution < 1.29 is 14.6 Å². The van der Waals surface area contributed by atoms with Crippen LogP contribution in [0.1, 0.15) is 18.1 Å². The summed E-state index contributed by atoms with van der Waals surface area (Å²) in [6.45, 7) is 3.82. The van der Waals surface area contributed by atoms with Crippen LogP contribution in [-0.4, -0.2) is 28.7 Å². The molecule has 2 rings (SSSR count). The van der Waals surface area contributed by atoms with Crippen LogP contribution in [0.2, 0.25) is 0 Å². The lowest BCUT2D eigenvalue weighted by molar-refractivity contribution is -0.140. The van der Waals surface area contributed by atoms with Gasteiger partial charge >= 0.3 is 5.97 Å². The Balaban J connectivity index is 1.80. The number of hydrogen-bond donors (Lipinski definition) is 1. The van der Waals surface area contributed by atoms with Crippen molar-refractivity contribution in [1.29, 1.82) is 0 Å². The molecule has 1 heterocycles. The highest BCUT2D eigenvalue weighted by Gasteiger charge is 2.23. The van der Waals surface area contributed by atoms with Crippen molar-refractivity contribution in [1.82, 2.24) is 0 Å². The van der Waals surface area contributed by atoms with E-state index >= 15 is 0 Å². The molecule has 0 radical (unpaired) electrons. The summed E-state index contributed by atoms with van der Waals surface area (Å²) in [5.74, 6) is 1.46. The maximum atomic E-state index is 10.7. The molecule has 3 nitrogen and oxygen atoms in total. The summed E-state index contributed by atoms with van der Waals surface area (Å²) in [5, 5.41) is 8.80. The molecule has 1 aliphatic rings. The first-order chi connectivity index (χ1) is 8.56. The minimum atomic E-state index is -0.728. The average Bonchev–Trinajstić information content (AvgIpc) is 2.70. The van der Waals surface area contributed by atoms with Gasteiger partial charge in [0.25, 0.3) is 0 Å². The highest BCUT2D eigenvalue weighted by atomic mass is 32.2. The Labute approximate surface area is 112 Å². The van der Waals surface area contributed by atoms with Crippen LogP contribution < -0.4 is 4.74 Å². The molecule has 4 heteroatoms. The van der Waals surface area contributed by atoms with Gasteiger partial charge in [0, 0.05) is 17.9 Å². The standard InChI is InChI=1S/C14H18O3S/c1-9-3-4-13-11(5-9)6-12(17-13)8-18-7-10(2)14(15)16/h3-5,10,12H,6-8H2,1-2H3,(H,15,16). The van der Waals surface area contributed by atoms with Gasteiger partial charge < -0.3 is 9.84 Å². The molecule has 1 aromatic carbocycles. The molecule has 2 atom stereocenters. The van der Waals surface area contributed by atoms with Crippen LogP contribution in [0, 0.1) is 12.8 Å². The second-order valence-electron chi connectivity index (χ2n) is 4.83. The number of aliphatic carboxylic acids is 1. The Morgan fingerprint density at radius 3 is 3.11 bits per heavy atom. The van der Waals surface area contributed by atoms with Crippen LogP contribution >= 0.6 is 11.8 Å². The minimum Gasteiger partial charge on any atom is -0.489 e. The van der Waals surface area contributed by atoms with Crippen LogP contribution in [0.4, 0.5) is 0 Å². The van der Waals surface area contributed by atoms with Gasteiger partial charge in [0.15, 0.2) is 0 Å². The molecule has 1 N–H and O–H groups in total. The fourth-order valence-corrected chi connectivity index (χ4v) is 3.07.